The van der Waals surface area contributed by atoms with Crippen molar-refractivity contribution < 1.29 is 17.3 Å². The van der Waals surface area contributed by atoms with Crippen LogP contribution in [0.4, 0.5) is 0 Å². The van der Waals surface area contributed by atoms with Gasteiger partial charge in [0.25, 0.3) is 10.1 Å². The largest absolute Gasteiger partial charge is 0.367 e. The van der Waals surface area contributed by atoms with Gasteiger partial charge in [-0.2, -0.15) is 8.42 Å². The molecule has 1 saturated heterocycles. The van der Waals surface area contributed by atoms with E-state index in [0.29, 0.717) is 6.42 Å². The summed E-state index contributed by atoms with van der Waals surface area (Å²) in [5.41, 5.74) is 3.68. The van der Waals surface area contributed by atoms with Crippen LogP contribution >= 0.6 is 0 Å². The number of rotatable bonds is 6. The van der Waals surface area contributed by atoms with Gasteiger partial charge in [0.1, 0.15) is 0 Å². The highest BCUT2D eigenvalue weighted by atomic mass is 32.2. The van der Waals surface area contributed by atoms with Crippen molar-refractivity contribution in [3.05, 3.63) is 71.3 Å². The van der Waals surface area contributed by atoms with Crippen LogP contribution in [0.15, 0.2) is 54.6 Å². The average Bonchev–Trinajstić information content (AvgIpc) is 2.70. The van der Waals surface area contributed by atoms with Crippen LogP contribution in [0.3, 0.4) is 0 Å². The number of fused-ring (bicyclic) bond motifs is 2. The fraction of sp³-hybridized carbons (Fsp3) is 0.478. The molecule has 0 N–H and O–H groups in total. The maximum Gasteiger partial charge on any atom is 0.264 e. The van der Waals surface area contributed by atoms with Crippen molar-refractivity contribution in [1.82, 2.24) is 4.90 Å². The van der Waals surface area contributed by atoms with Crippen LogP contribution in [0.25, 0.3) is 0 Å². The Kier molecular flexibility index (Phi) is 6.06. The zero-order chi connectivity index (χ0) is 20.3. The normalized spacial score (nSPS) is 21.8. The van der Waals surface area contributed by atoms with Gasteiger partial charge >= 0.3 is 0 Å². The van der Waals surface area contributed by atoms with Crippen LogP contribution in [0.1, 0.15) is 36.0 Å². The summed E-state index contributed by atoms with van der Waals surface area (Å²) >= 11 is 0. The van der Waals surface area contributed by atoms with Crippen molar-refractivity contribution in [2.75, 3.05) is 26.0 Å². The number of hydrogen-bond acceptors (Lipinski definition) is 5. The number of benzene rings is 2. The molecule has 2 heterocycles. The lowest BCUT2D eigenvalue weighted by atomic mass is 9.78. The molecule has 0 saturated carbocycles. The van der Waals surface area contributed by atoms with E-state index in [2.05, 4.69) is 59.5 Å². The van der Waals surface area contributed by atoms with E-state index in [1.54, 1.807) is 0 Å². The SMILES string of the molecule is CS(=O)(=O)OCCC1Cc2ccccc2C2(CCN(Cc3ccccc3)CC2)O1. The predicted octanol–water partition coefficient (Wildman–Crippen LogP) is 3.49. The molecule has 156 valence electrons. The van der Waals surface area contributed by atoms with Gasteiger partial charge in [-0.15, -0.1) is 0 Å². The van der Waals surface area contributed by atoms with Crippen molar-refractivity contribution >= 4 is 10.1 Å². The lowest BCUT2D eigenvalue weighted by molar-refractivity contribution is -0.144. The third-order valence-corrected chi connectivity index (χ3v) is 6.59. The first-order valence-corrected chi connectivity index (χ1v) is 12.1. The Labute approximate surface area is 173 Å². The first kappa shape index (κ1) is 20.5. The summed E-state index contributed by atoms with van der Waals surface area (Å²) in [6.07, 6.45) is 4.34. The number of nitrogens with zero attached hydrogens (tertiary/aromatic N) is 1. The Bertz CT molecular complexity index is 921. The Balaban J connectivity index is 1.45. The second-order valence-corrected chi connectivity index (χ2v) is 9.82. The molecule has 0 bridgehead atoms. The second kappa shape index (κ2) is 8.56. The molecular weight excluding hydrogens is 386 g/mol. The van der Waals surface area contributed by atoms with Gasteiger partial charge < -0.3 is 4.74 Å². The summed E-state index contributed by atoms with van der Waals surface area (Å²) in [6, 6.07) is 19.1. The van der Waals surface area contributed by atoms with Crippen LogP contribution in [0, 0.1) is 0 Å². The Hall–Kier alpha value is -1.73. The molecule has 1 unspecified atom stereocenters. The van der Waals surface area contributed by atoms with Gasteiger partial charge in [-0.25, -0.2) is 0 Å². The fourth-order valence-electron chi connectivity index (χ4n) is 4.61. The zero-order valence-electron chi connectivity index (χ0n) is 16.9. The van der Waals surface area contributed by atoms with Crippen LogP contribution in [-0.2, 0) is 37.6 Å². The lowest BCUT2D eigenvalue weighted by Crippen LogP contribution is -2.48. The number of piperidine rings is 1. The Morgan fingerprint density at radius 1 is 1.07 bits per heavy atom. The van der Waals surface area contributed by atoms with Crippen molar-refractivity contribution in [3.63, 3.8) is 0 Å². The molecule has 4 rings (SSSR count). The van der Waals surface area contributed by atoms with Gasteiger partial charge in [0, 0.05) is 19.6 Å². The molecule has 1 fully saturated rings. The summed E-state index contributed by atoms with van der Waals surface area (Å²) < 4.78 is 34.2. The summed E-state index contributed by atoms with van der Waals surface area (Å²) in [5.74, 6) is 0. The van der Waals surface area contributed by atoms with Crippen LogP contribution in [0.2, 0.25) is 0 Å². The van der Waals surface area contributed by atoms with Crippen LogP contribution in [0.5, 0.6) is 0 Å². The quantitative estimate of drug-likeness (QED) is 0.676. The minimum Gasteiger partial charge on any atom is -0.367 e. The van der Waals surface area contributed by atoms with E-state index < -0.39 is 10.1 Å². The zero-order valence-corrected chi connectivity index (χ0v) is 17.7. The number of ether oxygens (including phenoxy) is 1. The van der Waals surface area contributed by atoms with E-state index in [0.717, 1.165) is 45.2 Å². The van der Waals surface area contributed by atoms with Gasteiger partial charge in [-0.3, -0.25) is 9.08 Å². The summed E-state index contributed by atoms with van der Waals surface area (Å²) in [4.78, 5) is 2.49. The second-order valence-electron chi connectivity index (χ2n) is 8.17. The van der Waals surface area contributed by atoms with Crippen molar-refractivity contribution in [2.24, 2.45) is 0 Å². The summed E-state index contributed by atoms with van der Waals surface area (Å²) in [5, 5.41) is 0. The molecule has 0 aromatic heterocycles. The average molecular weight is 416 g/mol. The molecule has 0 amide bonds. The maximum absolute atomic E-state index is 11.3. The van der Waals surface area contributed by atoms with Gasteiger partial charge in [0.05, 0.1) is 24.6 Å². The highest BCUT2D eigenvalue weighted by molar-refractivity contribution is 7.85. The standard InChI is InChI=1S/C23H29NO4S/c1-29(25,26)27-16-11-21-17-20-9-5-6-10-22(20)23(28-21)12-14-24(15-13-23)18-19-7-3-2-4-8-19/h2-10,21H,11-18H2,1H3. The van der Waals surface area contributed by atoms with Gasteiger partial charge in [-0.1, -0.05) is 54.6 Å². The molecular formula is C23H29NO4S. The van der Waals surface area contributed by atoms with Gasteiger partial charge in [0.15, 0.2) is 0 Å². The first-order valence-electron chi connectivity index (χ1n) is 10.3. The van der Waals surface area contributed by atoms with Crippen LogP contribution < -0.4 is 0 Å². The van der Waals surface area contributed by atoms with E-state index >= 15 is 0 Å². The third-order valence-electron chi connectivity index (χ3n) is 6.00. The third kappa shape index (κ3) is 5.07. The van der Waals surface area contributed by atoms with E-state index in [1.165, 1.54) is 16.7 Å². The molecule has 6 heteroatoms. The number of likely N-dealkylation sites (tertiary alicyclic amines) is 1. The highest BCUT2D eigenvalue weighted by Gasteiger charge is 2.43. The molecule has 1 spiro atoms. The minimum atomic E-state index is -3.42. The first-order chi connectivity index (χ1) is 13.9. The Morgan fingerprint density at radius 2 is 1.76 bits per heavy atom. The molecule has 2 aromatic carbocycles. The molecule has 5 nitrogen and oxygen atoms in total. The van der Waals surface area contributed by atoms with E-state index in [4.69, 9.17) is 8.92 Å². The van der Waals surface area contributed by atoms with Crippen molar-refractivity contribution in [3.8, 4) is 0 Å². The maximum atomic E-state index is 11.3. The molecule has 2 aliphatic rings. The topological polar surface area (TPSA) is 55.8 Å². The van der Waals surface area contributed by atoms with E-state index in [1.807, 2.05) is 0 Å². The van der Waals surface area contributed by atoms with Crippen LogP contribution in [-0.4, -0.2) is 45.4 Å². The van der Waals surface area contributed by atoms with Crippen molar-refractivity contribution in [1.29, 1.82) is 0 Å². The highest BCUT2D eigenvalue weighted by Crippen LogP contribution is 2.44. The minimum absolute atomic E-state index is 0.0210. The molecule has 0 radical (unpaired) electrons. The fourth-order valence-corrected chi connectivity index (χ4v) is 5.00. The van der Waals surface area contributed by atoms with E-state index in [9.17, 15) is 8.42 Å². The lowest BCUT2D eigenvalue weighted by Gasteiger charge is -2.47. The van der Waals surface area contributed by atoms with Crippen molar-refractivity contribution in [2.45, 2.75) is 43.9 Å². The molecule has 0 aliphatic carbocycles. The summed E-state index contributed by atoms with van der Waals surface area (Å²) in [6.45, 7) is 3.09. The molecule has 29 heavy (non-hydrogen) atoms. The molecule has 1 atom stereocenters. The predicted molar refractivity (Wildman–Crippen MR) is 113 cm³/mol. The smallest absolute Gasteiger partial charge is 0.264 e. The van der Waals surface area contributed by atoms with Gasteiger partial charge in [-0.05, 0) is 42.4 Å². The summed E-state index contributed by atoms with van der Waals surface area (Å²) in [7, 11) is -3.42. The Morgan fingerprint density at radius 3 is 2.48 bits per heavy atom. The van der Waals surface area contributed by atoms with Gasteiger partial charge in [0.2, 0.25) is 0 Å². The van der Waals surface area contributed by atoms with E-state index in [-0.39, 0.29) is 18.3 Å². The number of hydrogen-bond donors (Lipinski definition) is 0. The molecule has 2 aliphatic heterocycles. The molecule has 2 aromatic rings. The monoisotopic (exact) mass is 415 g/mol.